The number of amides is 1. The van der Waals surface area contributed by atoms with Crippen molar-refractivity contribution in [2.75, 3.05) is 13.2 Å². The second-order valence-electron chi connectivity index (χ2n) is 6.50. The summed E-state index contributed by atoms with van der Waals surface area (Å²) in [6.45, 7) is 5.77. The third kappa shape index (κ3) is 6.09. The molecule has 0 spiro atoms. The van der Waals surface area contributed by atoms with E-state index in [9.17, 15) is 14.0 Å². The van der Waals surface area contributed by atoms with Crippen LogP contribution in [0.3, 0.4) is 0 Å². The van der Waals surface area contributed by atoms with Gasteiger partial charge in [-0.2, -0.15) is 0 Å². The first-order valence-electron chi connectivity index (χ1n) is 8.80. The molecular formula is C21H24FNO4. The highest BCUT2D eigenvalue weighted by atomic mass is 19.1. The molecule has 0 aromatic heterocycles. The lowest BCUT2D eigenvalue weighted by atomic mass is 10.0. The Morgan fingerprint density at radius 1 is 1.04 bits per heavy atom. The third-order valence-electron chi connectivity index (χ3n) is 3.94. The number of esters is 1. The summed E-state index contributed by atoms with van der Waals surface area (Å²) in [5, 5.41) is 2.54. The molecule has 0 aliphatic rings. The van der Waals surface area contributed by atoms with Gasteiger partial charge in [0.05, 0.1) is 5.56 Å². The predicted octanol–water partition coefficient (Wildman–Crippen LogP) is 3.51. The van der Waals surface area contributed by atoms with Crippen LogP contribution < -0.4 is 10.1 Å². The Balaban J connectivity index is 1.86. The first kappa shape index (κ1) is 20.4. The molecule has 2 aromatic carbocycles. The number of carbonyl (C=O) groups is 2. The van der Waals surface area contributed by atoms with Gasteiger partial charge in [0.2, 0.25) is 0 Å². The van der Waals surface area contributed by atoms with Gasteiger partial charge in [-0.05, 0) is 37.1 Å². The second-order valence-corrected chi connectivity index (χ2v) is 6.50. The number of halogens is 1. The minimum absolute atomic E-state index is 0.0471. The van der Waals surface area contributed by atoms with Gasteiger partial charge in [0.25, 0.3) is 5.91 Å². The van der Waals surface area contributed by atoms with Crippen LogP contribution in [0.4, 0.5) is 4.39 Å². The molecule has 0 heterocycles. The average Bonchev–Trinajstić information content (AvgIpc) is 2.64. The molecular weight excluding hydrogens is 349 g/mol. The molecule has 0 bridgehead atoms. The fraction of sp³-hybridized carbons (Fsp3) is 0.333. The summed E-state index contributed by atoms with van der Waals surface area (Å²) < 4.78 is 24.4. The number of aryl methyl sites for hydroxylation is 1. The maximum absolute atomic E-state index is 13.7. The van der Waals surface area contributed by atoms with Gasteiger partial charge < -0.3 is 14.8 Å². The van der Waals surface area contributed by atoms with E-state index in [2.05, 4.69) is 5.32 Å². The Morgan fingerprint density at radius 2 is 1.70 bits per heavy atom. The molecule has 0 saturated heterocycles. The Kier molecular flexibility index (Phi) is 7.34. The highest BCUT2D eigenvalue weighted by Gasteiger charge is 2.27. The van der Waals surface area contributed by atoms with Crippen molar-refractivity contribution in [1.29, 1.82) is 0 Å². The zero-order valence-electron chi connectivity index (χ0n) is 15.7. The lowest BCUT2D eigenvalue weighted by Crippen LogP contribution is -2.45. The summed E-state index contributed by atoms with van der Waals surface area (Å²) >= 11 is 0. The van der Waals surface area contributed by atoms with Crippen LogP contribution in [0, 0.1) is 18.7 Å². The molecule has 0 unspecified atom stereocenters. The summed E-state index contributed by atoms with van der Waals surface area (Å²) in [4.78, 5) is 24.5. The maximum Gasteiger partial charge on any atom is 0.329 e. The molecule has 1 amide bonds. The van der Waals surface area contributed by atoms with Gasteiger partial charge in [-0.25, -0.2) is 9.18 Å². The van der Waals surface area contributed by atoms with Crippen LogP contribution in [-0.2, 0) is 9.53 Å². The normalized spacial score (nSPS) is 11.7. The van der Waals surface area contributed by atoms with E-state index in [1.807, 2.05) is 31.2 Å². The summed E-state index contributed by atoms with van der Waals surface area (Å²) in [6, 6.07) is 12.3. The molecule has 0 aliphatic carbocycles. The quantitative estimate of drug-likeness (QED) is 0.568. The highest BCUT2D eigenvalue weighted by Crippen LogP contribution is 2.12. The SMILES string of the molecule is Cc1ccc(OCCOC(=O)[C@@H](NC(=O)c2ccccc2F)C(C)C)cc1. The van der Waals surface area contributed by atoms with E-state index in [1.165, 1.54) is 18.2 Å². The maximum atomic E-state index is 13.7. The Labute approximate surface area is 158 Å². The summed E-state index contributed by atoms with van der Waals surface area (Å²) in [5.74, 6) is -1.41. The lowest BCUT2D eigenvalue weighted by molar-refractivity contribution is -0.147. The van der Waals surface area contributed by atoms with Crippen molar-refractivity contribution in [3.63, 3.8) is 0 Å². The Bertz CT molecular complexity index is 774. The summed E-state index contributed by atoms with van der Waals surface area (Å²) in [7, 11) is 0. The van der Waals surface area contributed by atoms with Crippen LogP contribution in [0.25, 0.3) is 0 Å². The summed E-state index contributed by atoms with van der Waals surface area (Å²) in [6.07, 6.45) is 0. The predicted molar refractivity (Wildman–Crippen MR) is 100 cm³/mol. The van der Waals surface area contributed by atoms with Crippen molar-refractivity contribution >= 4 is 11.9 Å². The van der Waals surface area contributed by atoms with Crippen LogP contribution in [-0.4, -0.2) is 31.1 Å². The third-order valence-corrected chi connectivity index (χ3v) is 3.94. The molecule has 1 atom stereocenters. The number of hydrogen-bond donors (Lipinski definition) is 1. The van der Waals surface area contributed by atoms with Gasteiger partial charge in [-0.3, -0.25) is 4.79 Å². The number of hydrogen-bond acceptors (Lipinski definition) is 4. The molecule has 6 heteroatoms. The van der Waals surface area contributed by atoms with Gasteiger partial charge in [0.15, 0.2) is 0 Å². The summed E-state index contributed by atoms with van der Waals surface area (Å²) in [5.41, 5.74) is 1.01. The molecule has 27 heavy (non-hydrogen) atoms. The van der Waals surface area contributed by atoms with Crippen molar-refractivity contribution in [2.24, 2.45) is 5.92 Å². The zero-order valence-corrected chi connectivity index (χ0v) is 15.7. The van der Waals surface area contributed by atoms with Gasteiger partial charge in [0.1, 0.15) is 30.8 Å². The first-order valence-corrected chi connectivity index (χ1v) is 8.80. The van der Waals surface area contributed by atoms with Crippen molar-refractivity contribution < 1.29 is 23.5 Å². The van der Waals surface area contributed by atoms with E-state index >= 15 is 0 Å². The monoisotopic (exact) mass is 373 g/mol. The second kappa shape index (κ2) is 9.71. The molecule has 1 N–H and O–H groups in total. The molecule has 144 valence electrons. The number of rotatable bonds is 8. The Hall–Kier alpha value is -2.89. The van der Waals surface area contributed by atoms with Gasteiger partial charge >= 0.3 is 5.97 Å². The topological polar surface area (TPSA) is 64.6 Å². The molecule has 0 saturated carbocycles. The molecule has 2 aromatic rings. The first-order chi connectivity index (χ1) is 12.9. The largest absolute Gasteiger partial charge is 0.490 e. The van der Waals surface area contributed by atoms with Gasteiger partial charge in [-0.1, -0.05) is 43.7 Å². The number of ether oxygens (including phenoxy) is 2. The van der Waals surface area contributed by atoms with E-state index in [4.69, 9.17) is 9.47 Å². The van der Waals surface area contributed by atoms with Crippen molar-refractivity contribution in [3.05, 3.63) is 65.5 Å². The molecule has 0 radical (unpaired) electrons. The van der Waals surface area contributed by atoms with Crippen molar-refractivity contribution in [3.8, 4) is 5.75 Å². The highest BCUT2D eigenvalue weighted by molar-refractivity contribution is 5.97. The molecule has 2 rings (SSSR count). The van der Waals surface area contributed by atoms with E-state index in [0.717, 1.165) is 5.56 Å². The van der Waals surface area contributed by atoms with Crippen LogP contribution in [0.15, 0.2) is 48.5 Å². The number of carbonyl (C=O) groups excluding carboxylic acids is 2. The van der Waals surface area contributed by atoms with Crippen LogP contribution >= 0.6 is 0 Å². The van der Waals surface area contributed by atoms with Crippen molar-refractivity contribution in [1.82, 2.24) is 5.32 Å². The van der Waals surface area contributed by atoms with E-state index in [0.29, 0.717) is 5.75 Å². The standard InChI is InChI=1S/C21H24FNO4/c1-14(2)19(23-20(24)17-6-4-5-7-18(17)22)21(25)27-13-12-26-16-10-8-15(3)9-11-16/h4-11,14,19H,12-13H2,1-3H3,(H,23,24)/t19-/m0/s1. The fourth-order valence-electron chi connectivity index (χ4n) is 2.39. The van der Waals surface area contributed by atoms with Crippen LogP contribution in [0.5, 0.6) is 5.75 Å². The van der Waals surface area contributed by atoms with Crippen LogP contribution in [0.1, 0.15) is 29.8 Å². The Morgan fingerprint density at radius 3 is 2.33 bits per heavy atom. The smallest absolute Gasteiger partial charge is 0.329 e. The van der Waals surface area contributed by atoms with E-state index in [-0.39, 0.29) is 24.7 Å². The average molecular weight is 373 g/mol. The van der Waals surface area contributed by atoms with Gasteiger partial charge in [0, 0.05) is 0 Å². The lowest BCUT2D eigenvalue weighted by Gasteiger charge is -2.21. The van der Waals surface area contributed by atoms with Crippen molar-refractivity contribution in [2.45, 2.75) is 26.8 Å². The number of nitrogens with one attached hydrogen (secondary N) is 1. The van der Waals surface area contributed by atoms with E-state index < -0.39 is 23.7 Å². The molecule has 0 fully saturated rings. The number of benzene rings is 2. The molecule has 0 aliphatic heterocycles. The molecule has 5 nitrogen and oxygen atoms in total. The minimum atomic E-state index is -0.878. The van der Waals surface area contributed by atoms with Gasteiger partial charge in [-0.15, -0.1) is 0 Å². The van der Waals surface area contributed by atoms with Crippen LogP contribution in [0.2, 0.25) is 0 Å². The zero-order chi connectivity index (χ0) is 19.8. The van der Waals surface area contributed by atoms with E-state index in [1.54, 1.807) is 19.9 Å². The minimum Gasteiger partial charge on any atom is -0.490 e. The fourth-order valence-corrected chi connectivity index (χ4v) is 2.39.